The standard InChI is InChI=1S/C20H22N2OS2/c1-15(25-20(24)22-13-7-8-14-22)19(23)21-18-12-6-5-11-17(18)16-9-3-2-4-10-16/h2-6,9-12,15H,7-8,13-14H2,1H3,(H,21,23)/t15-/m1/s1. The first-order valence-electron chi connectivity index (χ1n) is 8.56. The maximum Gasteiger partial charge on any atom is 0.237 e. The van der Waals surface area contributed by atoms with Gasteiger partial charge in [0.15, 0.2) is 0 Å². The summed E-state index contributed by atoms with van der Waals surface area (Å²) in [4.78, 5) is 14.8. The maximum absolute atomic E-state index is 12.6. The maximum atomic E-state index is 12.6. The number of nitrogens with one attached hydrogen (secondary N) is 1. The van der Waals surface area contributed by atoms with E-state index in [1.54, 1.807) is 0 Å². The fourth-order valence-corrected chi connectivity index (χ4v) is 4.29. The van der Waals surface area contributed by atoms with Gasteiger partial charge in [0, 0.05) is 24.3 Å². The van der Waals surface area contributed by atoms with Crippen LogP contribution in [0.15, 0.2) is 54.6 Å². The Morgan fingerprint density at radius 3 is 2.44 bits per heavy atom. The molecule has 1 atom stereocenters. The monoisotopic (exact) mass is 370 g/mol. The molecule has 1 heterocycles. The number of para-hydroxylation sites is 1. The summed E-state index contributed by atoms with van der Waals surface area (Å²) in [6, 6.07) is 18.0. The molecule has 1 N–H and O–H groups in total. The summed E-state index contributed by atoms with van der Waals surface area (Å²) in [5.74, 6) is -0.0186. The number of carbonyl (C=O) groups is 1. The molecule has 0 bridgehead atoms. The number of anilines is 1. The lowest BCUT2D eigenvalue weighted by Gasteiger charge is -2.20. The molecule has 0 aliphatic carbocycles. The molecule has 1 amide bonds. The van der Waals surface area contributed by atoms with E-state index in [-0.39, 0.29) is 11.2 Å². The zero-order valence-corrected chi connectivity index (χ0v) is 15.9. The van der Waals surface area contributed by atoms with Crippen molar-refractivity contribution >= 4 is 39.9 Å². The lowest BCUT2D eigenvalue weighted by atomic mass is 10.0. The summed E-state index contributed by atoms with van der Waals surface area (Å²) in [6.07, 6.45) is 2.37. The van der Waals surface area contributed by atoms with Crippen molar-refractivity contribution in [2.45, 2.75) is 25.0 Å². The molecule has 130 valence electrons. The van der Waals surface area contributed by atoms with Crippen molar-refractivity contribution < 1.29 is 4.79 Å². The number of benzene rings is 2. The van der Waals surface area contributed by atoms with Gasteiger partial charge in [-0.1, -0.05) is 72.5 Å². The third-order valence-corrected chi connectivity index (χ3v) is 5.86. The molecule has 0 unspecified atom stereocenters. The zero-order valence-electron chi connectivity index (χ0n) is 14.3. The Labute approximate surface area is 158 Å². The first-order valence-corrected chi connectivity index (χ1v) is 9.85. The Morgan fingerprint density at radius 2 is 1.72 bits per heavy atom. The van der Waals surface area contributed by atoms with E-state index in [2.05, 4.69) is 10.2 Å². The minimum Gasteiger partial charge on any atom is -0.358 e. The molecule has 25 heavy (non-hydrogen) atoms. The van der Waals surface area contributed by atoms with E-state index in [0.29, 0.717) is 0 Å². The number of thioether (sulfide) groups is 1. The number of hydrogen-bond donors (Lipinski definition) is 1. The number of amides is 1. The van der Waals surface area contributed by atoms with E-state index in [9.17, 15) is 4.79 Å². The lowest BCUT2D eigenvalue weighted by molar-refractivity contribution is -0.115. The van der Waals surface area contributed by atoms with Crippen LogP contribution in [0.1, 0.15) is 19.8 Å². The number of thiocarbonyl (C=S) groups is 1. The summed E-state index contributed by atoms with van der Waals surface area (Å²) in [7, 11) is 0. The average Bonchev–Trinajstić information content (AvgIpc) is 3.17. The van der Waals surface area contributed by atoms with E-state index in [0.717, 1.165) is 34.2 Å². The molecule has 1 saturated heterocycles. The largest absolute Gasteiger partial charge is 0.358 e. The van der Waals surface area contributed by atoms with Gasteiger partial charge in [0.2, 0.25) is 5.91 Å². The van der Waals surface area contributed by atoms with Gasteiger partial charge < -0.3 is 10.2 Å². The highest BCUT2D eigenvalue weighted by Gasteiger charge is 2.22. The second kappa shape index (κ2) is 8.50. The molecule has 3 rings (SSSR count). The van der Waals surface area contributed by atoms with Gasteiger partial charge in [0.1, 0.15) is 4.32 Å². The topological polar surface area (TPSA) is 32.3 Å². The van der Waals surface area contributed by atoms with Crippen molar-refractivity contribution in [1.82, 2.24) is 4.90 Å². The van der Waals surface area contributed by atoms with Crippen molar-refractivity contribution in [3.63, 3.8) is 0 Å². The second-order valence-corrected chi connectivity index (χ2v) is 8.10. The van der Waals surface area contributed by atoms with Crippen LogP contribution < -0.4 is 5.32 Å². The van der Waals surface area contributed by atoms with Gasteiger partial charge in [-0.3, -0.25) is 4.79 Å². The summed E-state index contributed by atoms with van der Waals surface area (Å²) in [5, 5.41) is 2.84. The van der Waals surface area contributed by atoms with E-state index in [4.69, 9.17) is 12.2 Å². The van der Waals surface area contributed by atoms with Crippen LogP contribution in [0.25, 0.3) is 11.1 Å². The van der Waals surface area contributed by atoms with Crippen LogP contribution in [0.4, 0.5) is 5.69 Å². The minimum absolute atomic E-state index is 0.0186. The molecule has 0 aromatic heterocycles. The minimum atomic E-state index is -0.225. The summed E-state index contributed by atoms with van der Waals surface area (Å²) >= 11 is 6.96. The summed E-state index contributed by atoms with van der Waals surface area (Å²) in [6.45, 7) is 3.93. The highest BCUT2D eigenvalue weighted by atomic mass is 32.2. The Balaban J connectivity index is 1.67. The molecule has 2 aromatic carbocycles. The first kappa shape index (κ1) is 18.0. The SMILES string of the molecule is C[C@@H](SC(=S)N1CCCC1)C(=O)Nc1ccccc1-c1ccccc1. The van der Waals surface area contributed by atoms with Crippen molar-refractivity contribution in [3.05, 3.63) is 54.6 Å². The molecule has 1 aliphatic heterocycles. The highest BCUT2D eigenvalue weighted by molar-refractivity contribution is 8.23. The summed E-state index contributed by atoms with van der Waals surface area (Å²) in [5.41, 5.74) is 2.94. The molecule has 2 aromatic rings. The van der Waals surface area contributed by atoms with Gasteiger partial charge in [-0.15, -0.1) is 0 Å². The van der Waals surface area contributed by atoms with Gasteiger partial charge in [-0.2, -0.15) is 0 Å². The Kier molecular flexibility index (Phi) is 6.10. The molecular weight excluding hydrogens is 348 g/mol. The van der Waals surface area contributed by atoms with E-state index in [1.165, 1.54) is 24.6 Å². The van der Waals surface area contributed by atoms with Crippen LogP contribution in [-0.2, 0) is 4.79 Å². The van der Waals surface area contributed by atoms with Gasteiger partial charge in [-0.25, -0.2) is 0 Å². The normalized spacial score (nSPS) is 15.0. The van der Waals surface area contributed by atoms with E-state index < -0.39 is 0 Å². The molecule has 1 fully saturated rings. The lowest BCUT2D eigenvalue weighted by Crippen LogP contribution is -2.29. The smallest absolute Gasteiger partial charge is 0.237 e. The second-order valence-electron chi connectivity index (χ2n) is 6.12. The fraction of sp³-hybridized carbons (Fsp3) is 0.300. The highest BCUT2D eigenvalue weighted by Crippen LogP contribution is 2.28. The van der Waals surface area contributed by atoms with Crippen LogP contribution in [0, 0.1) is 0 Å². The predicted molar refractivity (Wildman–Crippen MR) is 111 cm³/mol. The van der Waals surface area contributed by atoms with Gasteiger partial charge in [0.25, 0.3) is 0 Å². The number of hydrogen-bond acceptors (Lipinski definition) is 3. The van der Waals surface area contributed by atoms with Gasteiger partial charge in [-0.05, 0) is 31.4 Å². The van der Waals surface area contributed by atoms with Crippen molar-refractivity contribution in [2.24, 2.45) is 0 Å². The number of rotatable bonds is 4. The Hall–Kier alpha value is -1.85. The predicted octanol–water partition coefficient (Wildman–Crippen LogP) is 4.79. The number of nitrogens with zero attached hydrogens (tertiary/aromatic N) is 1. The molecule has 1 aliphatic rings. The van der Waals surface area contributed by atoms with Gasteiger partial charge in [0.05, 0.1) is 5.25 Å². The molecule has 5 heteroatoms. The van der Waals surface area contributed by atoms with Gasteiger partial charge >= 0.3 is 0 Å². The van der Waals surface area contributed by atoms with Crippen LogP contribution in [0.3, 0.4) is 0 Å². The van der Waals surface area contributed by atoms with E-state index in [1.807, 2.05) is 61.5 Å². The molecular formula is C20H22N2OS2. The van der Waals surface area contributed by atoms with Crippen LogP contribution in [0.2, 0.25) is 0 Å². The van der Waals surface area contributed by atoms with Crippen LogP contribution in [-0.4, -0.2) is 33.5 Å². The van der Waals surface area contributed by atoms with Crippen molar-refractivity contribution in [3.8, 4) is 11.1 Å². The Morgan fingerprint density at radius 1 is 1.08 bits per heavy atom. The summed E-state index contributed by atoms with van der Waals surface area (Å²) < 4.78 is 0.830. The number of likely N-dealkylation sites (tertiary alicyclic amines) is 1. The zero-order chi connectivity index (χ0) is 17.6. The molecule has 0 radical (unpaired) electrons. The van der Waals surface area contributed by atoms with E-state index >= 15 is 0 Å². The molecule has 0 spiro atoms. The third-order valence-electron chi connectivity index (χ3n) is 4.28. The third kappa shape index (κ3) is 4.61. The van der Waals surface area contributed by atoms with Crippen molar-refractivity contribution in [2.75, 3.05) is 18.4 Å². The fourth-order valence-electron chi connectivity index (χ4n) is 2.87. The Bertz CT molecular complexity index is 742. The van der Waals surface area contributed by atoms with Crippen molar-refractivity contribution in [1.29, 1.82) is 0 Å². The molecule has 0 saturated carbocycles. The quantitative estimate of drug-likeness (QED) is 0.784. The molecule has 3 nitrogen and oxygen atoms in total. The van der Waals surface area contributed by atoms with Crippen LogP contribution >= 0.6 is 24.0 Å². The first-order chi connectivity index (χ1) is 12.1. The average molecular weight is 371 g/mol. The van der Waals surface area contributed by atoms with Crippen LogP contribution in [0.5, 0.6) is 0 Å². The number of carbonyl (C=O) groups excluding carboxylic acids is 1.